The van der Waals surface area contributed by atoms with E-state index in [9.17, 15) is 4.79 Å². The maximum absolute atomic E-state index is 11.8. The molecule has 1 aromatic rings. The van der Waals surface area contributed by atoms with Crippen molar-refractivity contribution in [3.63, 3.8) is 0 Å². The van der Waals surface area contributed by atoms with E-state index >= 15 is 0 Å². The molecule has 0 bridgehead atoms. The van der Waals surface area contributed by atoms with Gasteiger partial charge in [0.05, 0.1) is 6.10 Å². The Morgan fingerprint density at radius 3 is 2.84 bits per heavy atom. The summed E-state index contributed by atoms with van der Waals surface area (Å²) in [6.07, 6.45) is 3.19. The molecule has 1 heterocycles. The van der Waals surface area contributed by atoms with Crippen LogP contribution >= 0.6 is 0 Å². The SMILES string of the molecule is CN(CC1CCCCO1)C(=O)OCc1ccccc1. The molecule has 1 unspecified atom stereocenters. The van der Waals surface area contributed by atoms with Crippen molar-refractivity contribution in [1.29, 1.82) is 0 Å². The Hall–Kier alpha value is -1.55. The summed E-state index contributed by atoms with van der Waals surface area (Å²) < 4.78 is 10.9. The van der Waals surface area contributed by atoms with Crippen molar-refractivity contribution in [1.82, 2.24) is 4.90 Å². The zero-order valence-corrected chi connectivity index (χ0v) is 11.4. The summed E-state index contributed by atoms with van der Waals surface area (Å²) in [5, 5.41) is 0. The molecule has 19 heavy (non-hydrogen) atoms. The Labute approximate surface area is 114 Å². The van der Waals surface area contributed by atoms with Gasteiger partial charge in [0.25, 0.3) is 0 Å². The van der Waals surface area contributed by atoms with E-state index in [2.05, 4.69) is 0 Å². The predicted molar refractivity (Wildman–Crippen MR) is 72.8 cm³/mol. The second-order valence-electron chi connectivity index (χ2n) is 4.91. The second kappa shape index (κ2) is 7.14. The highest BCUT2D eigenvalue weighted by Gasteiger charge is 2.19. The molecule has 1 aliphatic rings. The molecular formula is C15H21NO3. The first-order valence-corrected chi connectivity index (χ1v) is 6.79. The highest BCUT2D eigenvalue weighted by molar-refractivity contribution is 5.67. The van der Waals surface area contributed by atoms with E-state index in [4.69, 9.17) is 9.47 Å². The Morgan fingerprint density at radius 2 is 2.16 bits per heavy atom. The number of hydrogen-bond acceptors (Lipinski definition) is 3. The van der Waals surface area contributed by atoms with Gasteiger partial charge in [-0.3, -0.25) is 0 Å². The Balaban J connectivity index is 1.72. The third kappa shape index (κ3) is 4.56. The molecule has 0 aliphatic carbocycles. The van der Waals surface area contributed by atoms with Gasteiger partial charge in [-0.1, -0.05) is 30.3 Å². The van der Waals surface area contributed by atoms with Gasteiger partial charge in [0, 0.05) is 20.2 Å². The highest BCUT2D eigenvalue weighted by Crippen LogP contribution is 2.14. The molecule has 2 rings (SSSR count). The minimum Gasteiger partial charge on any atom is -0.445 e. The maximum atomic E-state index is 11.8. The highest BCUT2D eigenvalue weighted by atomic mass is 16.6. The molecule has 4 heteroatoms. The minimum absolute atomic E-state index is 0.156. The molecule has 1 aromatic carbocycles. The normalized spacial score (nSPS) is 18.9. The monoisotopic (exact) mass is 263 g/mol. The lowest BCUT2D eigenvalue weighted by Gasteiger charge is -2.27. The van der Waals surface area contributed by atoms with Crippen molar-refractivity contribution >= 4 is 6.09 Å². The van der Waals surface area contributed by atoms with Gasteiger partial charge < -0.3 is 14.4 Å². The van der Waals surface area contributed by atoms with Crippen molar-refractivity contribution < 1.29 is 14.3 Å². The van der Waals surface area contributed by atoms with E-state index in [1.54, 1.807) is 11.9 Å². The number of likely N-dealkylation sites (N-methyl/N-ethyl adjacent to an activating group) is 1. The molecule has 0 N–H and O–H groups in total. The predicted octanol–water partition coefficient (Wildman–Crippen LogP) is 2.82. The first-order chi connectivity index (χ1) is 9.25. The number of hydrogen-bond donors (Lipinski definition) is 0. The standard InChI is InChI=1S/C15H21NO3/c1-16(11-14-9-5-6-10-18-14)15(17)19-12-13-7-3-2-4-8-13/h2-4,7-8,14H,5-6,9-12H2,1H3. The lowest BCUT2D eigenvalue weighted by molar-refractivity contribution is -0.00303. The van der Waals surface area contributed by atoms with Crippen LogP contribution < -0.4 is 0 Å². The summed E-state index contributed by atoms with van der Waals surface area (Å²) in [4.78, 5) is 13.4. The van der Waals surface area contributed by atoms with Gasteiger partial charge >= 0.3 is 6.09 Å². The first-order valence-electron chi connectivity index (χ1n) is 6.79. The number of carbonyl (C=O) groups excluding carboxylic acids is 1. The molecule has 1 fully saturated rings. The zero-order valence-electron chi connectivity index (χ0n) is 11.4. The van der Waals surface area contributed by atoms with Crippen LogP contribution in [0.25, 0.3) is 0 Å². The molecule has 0 aromatic heterocycles. The van der Waals surface area contributed by atoms with E-state index in [1.807, 2.05) is 30.3 Å². The molecule has 0 spiro atoms. The van der Waals surface area contributed by atoms with Gasteiger partial charge in [-0.15, -0.1) is 0 Å². The molecule has 1 aliphatic heterocycles. The molecule has 0 saturated carbocycles. The van der Waals surface area contributed by atoms with Gasteiger partial charge in [0.1, 0.15) is 6.61 Å². The summed E-state index contributed by atoms with van der Waals surface area (Å²) in [6, 6.07) is 9.69. The van der Waals surface area contributed by atoms with Gasteiger partial charge in [-0.25, -0.2) is 4.79 Å². The van der Waals surface area contributed by atoms with Gasteiger partial charge in [-0.05, 0) is 24.8 Å². The van der Waals surface area contributed by atoms with Gasteiger partial charge in [0.15, 0.2) is 0 Å². The summed E-state index contributed by atoms with van der Waals surface area (Å²) in [5.74, 6) is 0. The number of nitrogens with zero attached hydrogens (tertiary/aromatic N) is 1. The van der Waals surface area contributed by atoms with E-state index < -0.39 is 0 Å². The second-order valence-corrected chi connectivity index (χ2v) is 4.91. The van der Waals surface area contributed by atoms with Crippen LogP contribution in [0.15, 0.2) is 30.3 Å². The lowest BCUT2D eigenvalue weighted by Crippen LogP contribution is -2.37. The maximum Gasteiger partial charge on any atom is 0.409 e. The fourth-order valence-electron chi connectivity index (χ4n) is 2.16. The van der Waals surface area contributed by atoms with Crippen molar-refractivity contribution in [2.45, 2.75) is 32.0 Å². The van der Waals surface area contributed by atoms with E-state index in [-0.39, 0.29) is 12.2 Å². The first kappa shape index (κ1) is 13.9. The number of ether oxygens (including phenoxy) is 2. The average Bonchev–Trinajstić information content (AvgIpc) is 2.47. The molecule has 1 atom stereocenters. The Kier molecular flexibility index (Phi) is 5.21. The quantitative estimate of drug-likeness (QED) is 0.838. The Bertz CT molecular complexity index is 388. The van der Waals surface area contributed by atoms with Crippen LogP contribution in [0.5, 0.6) is 0 Å². The van der Waals surface area contributed by atoms with Crippen LogP contribution in [0.3, 0.4) is 0 Å². The average molecular weight is 263 g/mol. The largest absolute Gasteiger partial charge is 0.445 e. The van der Waals surface area contributed by atoms with Gasteiger partial charge in [-0.2, -0.15) is 0 Å². The third-order valence-electron chi connectivity index (χ3n) is 3.27. The van der Waals surface area contributed by atoms with Crippen LogP contribution in [0.1, 0.15) is 24.8 Å². The van der Waals surface area contributed by atoms with E-state index in [1.165, 1.54) is 6.42 Å². The van der Waals surface area contributed by atoms with Crippen molar-refractivity contribution in [3.05, 3.63) is 35.9 Å². The number of carbonyl (C=O) groups is 1. The molecule has 104 valence electrons. The number of amides is 1. The molecule has 4 nitrogen and oxygen atoms in total. The topological polar surface area (TPSA) is 38.8 Å². The van der Waals surface area contributed by atoms with Crippen molar-refractivity contribution in [2.24, 2.45) is 0 Å². The van der Waals surface area contributed by atoms with Crippen molar-refractivity contribution in [2.75, 3.05) is 20.2 Å². The molecular weight excluding hydrogens is 242 g/mol. The van der Waals surface area contributed by atoms with Gasteiger partial charge in [0.2, 0.25) is 0 Å². The summed E-state index contributed by atoms with van der Waals surface area (Å²) in [7, 11) is 1.76. The van der Waals surface area contributed by atoms with Crippen LogP contribution in [-0.2, 0) is 16.1 Å². The number of rotatable bonds is 4. The van der Waals surface area contributed by atoms with E-state index in [0.29, 0.717) is 13.2 Å². The van der Waals surface area contributed by atoms with Crippen LogP contribution in [-0.4, -0.2) is 37.3 Å². The fourth-order valence-corrected chi connectivity index (χ4v) is 2.16. The Morgan fingerprint density at radius 1 is 1.37 bits per heavy atom. The summed E-state index contributed by atoms with van der Waals surface area (Å²) >= 11 is 0. The van der Waals surface area contributed by atoms with Crippen molar-refractivity contribution in [3.8, 4) is 0 Å². The number of benzene rings is 1. The van der Waals surface area contributed by atoms with Crippen LogP contribution in [0, 0.1) is 0 Å². The summed E-state index contributed by atoms with van der Waals surface area (Å²) in [6.45, 7) is 1.72. The summed E-state index contributed by atoms with van der Waals surface area (Å²) in [5.41, 5.74) is 0.998. The minimum atomic E-state index is -0.293. The zero-order chi connectivity index (χ0) is 13.5. The molecule has 1 amide bonds. The van der Waals surface area contributed by atoms with Crippen LogP contribution in [0.2, 0.25) is 0 Å². The lowest BCUT2D eigenvalue weighted by atomic mass is 10.1. The molecule has 0 radical (unpaired) electrons. The van der Waals surface area contributed by atoms with E-state index in [0.717, 1.165) is 25.0 Å². The molecule has 1 saturated heterocycles. The smallest absolute Gasteiger partial charge is 0.409 e. The third-order valence-corrected chi connectivity index (χ3v) is 3.27. The van der Waals surface area contributed by atoms with Crippen LogP contribution in [0.4, 0.5) is 4.79 Å². The fraction of sp³-hybridized carbons (Fsp3) is 0.533.